The lowest BCUT2D eigenvalue weighted by molar-refractivity contribution is -0.165. The molecule has 0 aromatic heterocycles. The Balaban J connectivity index is 1.48. The van der Waals surface area contributed by atoms with Crippen LogP contribution in [0.5, 0.6) is 17.2 Å². The van der Waals surface area contributed by atoms with Gasteiger partial charge < -0.3 is 58.7 Å². The van der Waals surface area contributed by atoms with E-state index in [0.717, 1.165) is 16.5 Å². The zero-order valence-electron chi connectivity index (χ0n) is 50.2. The van der Waals surface area contributed by atoms with E-state index in [1.54, 1.807) is 81.4 Å². The maximum absolute atomic E-state index is 14.6. The first-order valence-electron chi connectivity index (χ1n) is 28.1. The van der Waals surface area contributed by atoms with Gasteiger partial charge in [-0.2, -0.15) is 0 Å². The van der Waals surface area contributed by atoms with Crippen LogP contribution in [0.3, 0.4) is 0 Å². The first-order valence-corrected chi connectivity index (χ1v) is 28.1. The van der Waals surface area contributed by atoms with Gasteiger partial charge in [0.05, 0.1) is 38.4 Å². The number of aryl methyl sites for hydroxylation is 1. The molecule has 21 heteroatoms. The molecule has 0 aliphatic carbocycles. The lowest BCUT2D eigenvalue weighted by atomic mass is 9.87. The van der Waals surface area contributed by atoms with Crippen molar-refractivity contribution < 1.29 is 71.6 Å². The van der Waals surface area contributed by atoms with Crippen molar-refractivity contribution in [2.75, 3.05) is 74.8 Å². The van der Waals surface area contributed by atoms with Gasteiger partial charge in [-0.15, -0.1) is 0 Å². The zero-order valence-corrected chi connectivity index (χ0v) is 50.2. The minimum Gasteiger partial charge on any atom is -0.493 e. The highest BCUT2D eigenvalue weighted by Crippen LogP contribution is 2.33. The topological polar surface area (TPSA) is 246 Å². The summed E-state index contributed by atoms with van der Waals surface area (Å²) in [5.74, 6) is -5.25. The monoisotopic (exact) mass is 1150 g/mol. The van der Waals surface area contributed by atoms with E-state index in [2.05, 4.69) is 10.6 Å². The van der Waals surface area contributed by atoms with Crippen molar-refractivity contribution in [1.82, 2.24) is 30.2 Å². The molecule has 1 saturated heterocycles. The molecule has 21 nitrogen and oxygen atoms in total. The molecule has 0 spiro atoms. The Bertz CT molecular complexity index is 2790. The molecule has 2 aliphatic rings. The number of rotatable bonds is 10. The molecule has 6 amide bonds. The summed E-state index contributed by atoms with van der Waals surface area (Å²) in [7, 11) is 7.42. The van der Waals surface area contributed by atoms with Crippen LogP contribution in [0.1, 0.15) is 116 Å². The summed E-state index contributed by atoms with van der Waals surface area (Å²) in [4.78, 5) is 131. The number of piperidine rings is 1. The van der Waals surface area contributed by atoms with E-state index < -0.39 is 114 Å². The quantitative estimate of drug-likeness (QED) is 0.182. The molecule has 2 N–H and O–H groups in total. The van der Waals surface area contributed by atoms with Crippen LogP contribution in [0.4, 0.5) is 0 Å². The van der Waals surface area contributed by atoms with Gasteiger partial charge in [-0.25, -0.2) is 9.59 Å². The van der Waals surface area contributed by atoms with Crippen LogP contribution in [0.2, 0.25) is 0 Å². The standard InChI is InChI=1S/C62H84N6O15/c1-40(2)33-45-57(74)67(10)47(37-82-61(3,4)5)56(73)64-54(42-21-14-13-15-22-42)58(75)65(8)31-18-17-26-53(71)81-39-62(6,7)55(72)59(76)68-32-19-16-25-46(68)60(77)83-48(29-27-41-28-30-49(78-11)50(34-41)79-12)43-23-20-24-44(35-43)80-38-52(70)66(9)36-51(69)63-45/h13-15,17,20-24,26,28,30,34-35,40,45-48,54H,16,18-19,25,27,29,31-33,36-39H2,1-12H3,(H,63,69)(H,64,73)/b26-17-/t45-,46+,47+,48-,54?/m1/s1. The SMILES string of the molecule is COc1ccc(CC[C@H]2OC(=O)[C@@H]3CCCCN3C(=O)C(=O)C(C)(C)COC(=O)/C=C\CCN(C)C(=O)C(c3ccccc3)NC(=O)[C@H](COC(C)(C)C)N(C)C(=O)[C@@H](CC(C)C)NC(=O)CN(C)C(=O)COc3cccc2c3)cc1OC. The Morgan fingerprint density at radius 1 is 0.771 bits per heavy atom. The fourth-order valence-corrected chi connectivity index (χ4v) is 9.39. The third-order valence-electron chi connectivity index (χ3n) is 14.3. The van der Waals surface area contributed by atoms with Gasteiger partial charge in [0.2, 0.25) is 29.4 Å². The lowest BCUT2D eigenvalue weighted by Gasteiger charge is -2.36. The fourth-order valence-electron chi connectivity index (χ4n) is 9.39. The van der Waals surface area contributed by atoms with Crippen LogP contribution in [0.25, 0.3) is 0 Å². The Hall–Kier alpha value is -7.81. The van der Waals surface area contributed by atoms with Gasteiger partial charge in [-0.1, -0.05) is 68.5 Å². The van der Waals surface area contributed by atoms with Crippen LogP contribution in [-0.4, -0.2) is 171 Å². The van der Waals surface area contributed by atoms with Crippen molar-refractivity contribution in [1.29, 1.82) is 0 Å². The van der Waals surface area contributed by atoms with Gasteiger partial charge in [0.15, 0.2) is 18.1 Å². The summed E-state index contributed by atoms with van der Waals surface area (Å²) >= 11 is 0. The zero-order chi connectivity index (χ0) is 61.2. The molecule has 3 aromatic rings. The number of methoxy groups -OCH3 is 2. The Labute approximate surface area is 487 Å². The maximum atomic E-state index is 14.6. The highest BCUT2D eigenvalue weighted by molar-refractivity contribution is 6.38. The molecule has 2 heterocycles. The van der Waals surface area contributed by atoms with Crippen LogP contribution in [0, 0.1) is 11.3 Å². The first-order chi connectivity index (χ1) is 39.2. The van der Waals surface area contributed by atoms with Crippen LogP contribution in [-0.2, 0) is 63.8 Å². The van der Waals surface area contributed by atoms with Gasteiger partial charge in [0, 0.05) is 40.3 Å². The molecule has 0 radical (unpaired) electrons. The van der Waals surface area contributed by atoms with E-state index >= 15 is 0 Å². The Kier molecular flexibility index (Phi) is 24.2. The number of benzene rings is 3. The van der Waals surface area contributed by atoms with Gasteiger partial charge in [-0.05, 0) is 126 Å². The van der Waals surface area contributed by atoms with E-state index in [4.69, 9.17) is 28.4 Å². The number of esters is 2. The predicted molar refractivity (Wildman–Crippen MR) is 308 cm³/mol. The van der Waals surface area contributed by atoms with E-state index in [1.807, 2.05) is 26.0 Å². The smallest absolute Gasteiger partial charge is 0.330 e. The minimum atomic E-state index is -1.51. The summed E-state index contributed by atoms with van der Waals surface area (Å²) in [6.07, 6.45) is 4.01. The summed E-state index contributed by atoms with van der Waals surface area (Å²) in [5.41, 5.74) is -0.474. The van der Waals surface area contributed by atoms with E-state index in [1.165, 1.54) is 70.0 Å². The maximum Gasteiger partial charge on any atom is 0.330 e. The molecule has 5 atom stereocenters. The number of nitrogens with one attached hydrogen (secondary N) is 2. The number of cyclic esters (lactones) is 2. The molecule has 452 valence electrons. The van der Waals surface area contributed by atoms with Gasteiger partial charge in [-0.3, -0.25) is 33.6 Å². The summed E-state index contributed by atoms with van der Waals surface area (Å²) in [5, 5.41) is 5.64. The number of likely N-dealkylation sites (N-methyl/N-ethyl adjacent to an activating group) is 3. The average molecular weight is 1150 g/mol. The second-order valence-electron chi connectivity index (χ2n) is 23.0. The molecular formula is C62H84N6O15. The molecule has 83 heavy (non-hydrogen) atoms. The van der Waals surface area contributed by atoms with Crippen molar-refractivity contribution in [3.8, 4) is 17.2 Å². The van der Waals surface area contributed by atoms with Crippen molar-refractivity contribution in [3.63, 3.8) is 0 Å². The summed E-state index contributed by atoms with van der Waals surface area (Å²) in [6.45, 7) is 10.5. The Morgan fingerprint density at radius 3 is 2.14 bits per heavy atom. The van der Waals surface area contributed by atoms with Crippen molar-refractivity contribution >= 4 is 53.2 Å². The summed E-state index contributed by atoms with van der Waals surface area (Å²) < 4.78 is 34.8. The highest BCUT2D eigenvalue weighted by Gasteiger charge is 2.43. The largest absolute Gasteiger partial charge is 0.493 e. The lowest BCUT2D eigenvalue weighted by Crippen LogP contribution is -2.58. The van der Waals surface area contributed by atoms with Crippen LogP contribution >= 0.6 is 0 Å². The number of ether oxygens (including phenoxy) is 6. The number of amides is 6. The number of Topliss-reactive ketones (excluding diaryl/α,β-unsaturated/α-hetero) is 1. The third kappa shape index (κ3) is 19.4. The fraction of sp³-hybridized carbons (Fsp3) is 0.532. The number of hydrogen-bond acceptors (Lipinski definition) is 15. The van der Waals surface area contributed by atoms with Gasteiger partial charge in [0.25, 0.3) is 11.8 Å². The van der Waals surface area contributed by atoms with Crippen LogP contribution < -0.4 is 24.8 Å². The molecule has 1 unspecified atom stereocenters. The second kappa shape index (κ2) is 30.5. The average Bonchev–Trinajstić information content (AvgIpc) is 3.61. The number of carbonyl (C=O) groups excluding carboxylic acids is 9. The molecule has 1 fully saturated rings. The molecule has 3 aromatic carbocycles. The molecule has 5 rings (SSSR count). The molecule has 0 saturated carbocycles. The summed E-state index contributed by atoms with van der Waals surface area (Å²) in [6, 6.07) is 15.8. The number of ketones is 1. The third-order valence-corrected chi connectivity index (χ3v) is 14.3. The molecule has 2 aliphatic heterocycles. The number of hydrogen-bond donors (Lipinski definition) is 2. The number of fused-ring (bicyclic) bond motifs is 3. The van der Waals surface area contributed by atoms with E-state index in [-0.39, 0.29) is 57.0 Å². The minimum absolute atomic E-state index is 0.0874. The highest BCUT2D eigenvalue weighted by atomic mass is 16.5. The Morgan fingerprint density at radius 2 is 1.47 bits per heavy atom. The van der Waals surface area contributed by atoms with Crippen molar-refractivity contribution in [2.24, 2.45) is 11.3 Å². The van der Waals surface area contributed by atoms with Gasteiger partial charge >= 0.3 is 11.9 Å². The number of nitrogens with zero attached hydrogens (tertiary/aromatic N) is 4. The van der Waals surface area contributed by atoms with E-state index in [9.17, 15) is 43.2 Å². The number of carbonyl (C=O) groups is 9. The van der Waals surface area contributed by atoms with Crippen LogP contribution in [0.15, 0.2) is 84.9 Å². The normalized spacial score (nSPS) is 22.6. The predicted octanol–water partition coefficient (Wildman–Crippen LogP) is 5.73. The van der Waals surface area contributed by atoms with Gasteiger partial charge in [0.1, 0.15) is 42.6 Å². The van der Waals surface area contributed by atoms with E-state index in [0.29, 0.717) is 41.9 Å². The van der Waals surface area contributed by atoms with Crippen molar-refractivity contribution in [2.45, 2.75) is 129 Å². The second-order valence-corrected chi connectivity index (χ2v) is 23.0. The van der Waals surface area contributed by atoms with Crippen molar-refractivity contribution in [3.05, 3.63) is 102 Å². The molecule has 2 bridgehead atoms. The first kappa shape index (κ1) is 66.0. The molecular weight excluding hydrogens is 1070 g/mol.